The Labute approximate surface area is 46.1 Å². The van der Waals surface area contributed by atoms with E-state index in [1.54, 1.807) is 0 Å². The van der Waals surface area contributed by atoms with Crippen molar-refractivity contribution in [2.45, 2.75) is 12.2 Å². The molecular weight excluding hydrogens is 84.9 g/mol. The van der Waals surface area contributed by atoms with Crippen LogP contribution in [-0.4, -0.2) is 32.9 Å². The van der Waals surface area contributed by atoms with Crippen LogP contribution < -0.4 is 0 Å². The van der Waals surface area contributed by atoms with E-state index in [0.717, 1.165) is 0 Å². The minimum absolute atomic E-state index is 0.620. The molecule has 0 aromatic rings. The van der Waals surface area contributed by atoms with Gasteiger partial charge in [0.2, 0.25) is 0 Å². The van der Waals surface area contributed by atoms with Crippen LogP contribution in [0, 0.1) is 0 Å². The summed E-state index contributed by atoms with van der Waals surface area (Å²) in [6, 6.07) is 0. The summed E-state index contributed by atoms with van der Waals surface area (Å²) in [4.78, 5) is 2.33. The molecule has 7 heavy (non-hydrogen) atoms. The van der Waals surface area contributed by atoms with Gasteiger partial charge in [0.05, 0.1) is 0 Å². The predicted molar refractivity (Wildman–Crippen MR) is 34.4 cm³/mol. The fourth-order valence-corrected chi connectivity index (χ4v) is 1.42. The lowest BCUT2D eigenvalue weighted by atomic mass is 9.65. The minimum Gasteiger partial charge on any atom is -0.307 e. The molecule has 0 unspecified atom stereocenters. The molecule has 1 rings (SSSR count). The van der Waals surface area contributed by atoms with Gasteiger partial charge in [0, 0.05) is 0 Å². The van der Waals surface area contributed by atoms with Gasteiger partial charge in [-0.15, -0.1) is 0 Å². The lowest BCUT2D eigenvalue weighted by molar-refractivity contribution is 0.164. The van der Waals surface area contributed by atoms with Crippen LogP contribution in [0.2, 0.25) is 5.31 Å². The normalized spacial score (nSPS) is 29.4. The molecule has 0 atom stereocenters. The van der Waals surface area contributed by atoms with Crippen molar-refractivity contribution in [3.05, 3.63) is 0 Å². The van der Waals surface area contributed by atoms with Crippen molar-refractivity contribution in [1.29, 1.82) is 0 Å². The summed E-state index contributed by atoms with van der Waals surface area (Å²) in [5.41, 5.74) is 0. The molecule has 1 aliphatic rings. The maximum absolute atomic E-state index is 2.33. The Morgan fingerprint density at radius 2 is 2.00 bits per heavy atom. The highest BCUT2D eigenvalue weighted by Gasteiger charge is 2.30. The summed E-state index contributed by atoms with van der Waals surface area (Å²) in [6.07, 6.45) is 0. The first-order chi connectivity index (χ1) is 3.10. The third-order valence-corrected chi connectivity index (χ3v) is 1.40. The van der Waals surface area contributed by atoms with Crippen LogP contribution in [0.1, 0.15) is 6.92 Å². The Balaban J connectivity index is 2.29. The Morgan fingerprint density at radius 3 is 2.00 bits per heavy atom. The zero-order valence-electron chi connectivity index (χ0n) is 5.36. The first kappa shape index (κ1) is 5.17. The van der Waals surface area contributed by atoms with Crippen LogP contribution in [0.15, 0.2) is 0 Å². The molecule has 0 bridgehead atoms. The van der Waals surface area contributed by atoms with Crippen LogP contribution in [-0.2, 0) is 0 Å². The third kappa shape index (κ3) is 0.971. The summed E-state index contributed by atoms with van der Waals surface area (Å²) < 4.78 is 0. The lowest BCUT2D eigenvalue weighted by Gasteiger charge is -2.43. The summed E-state index contributed by atoms with van der Waals surface area (Å²) in [5, 5.41) is 0.620. The molecule has 1 nitrogen and oxygen atoms in total. The Morgan fingerprint density at radius 1 is 1.57 bits per heavy atom. The lowest BCUT2D eigenvalue weighted by Crippen LogP contribution is -2.47. The van der Waals surface area contributed by atoms with Crippen LogP contribution in [0.4, 0.5) is 0 Å². The van der Waals surface area contributed by atoms with E-state index >= 15 is 0 Å². The fraction of sp³-hybridized carbons (Fsp3) is 1.00. The number of rotatable bonds is 0. The third-order valence-electron chi connectivity index (χ3n) is 1.40. The highest BCUT2D eigenvalue weighted by molar-refractivity contribution is 6.16. The average molecular weight is 97.0 g/mol. The summed E-state index contributed by atoms with van der Waals surface area (Å²) >= 11 is 0. The van der Waals surface area contributed by atoms with Crippen LogP contribution in [0.3, 0.4) is 0 Å². The zero-order chi connectivity index (χ0) is 5.49. The van der Waals surface area contributed by atoms with Crippen LogP contribution in [0.5, 0.6) is 0 Å². The van der Waals surface area contributed by atoms with Crippen molar-refractivity contribution < 1.29 is 0 Å². The maximum atomic E-state index is 2.33. The highest BCUT2D eigenvalue weighted by Crippen LogP contribution is 2.30. The largest absolute Gasteiger partial charge is 0.307 e. The number of hydrogen-bond donors (Lipinski definition) is 0. The molecule has 2 heteroatoms. The molecule has 0 saturated carbocycles. The van der Waals surface area contributed by atoms with Crippen molar-refractivity contribution in [2.24, 2.45) is 0 Å². The molecule has 1 fully saturated rings. The van der Waals surface area contributed by atoms with Crippen molar-refractivity contribution in [3.8, 4) is 0 Å². The Hall–Kier alpha value is 0.0249. The minimum atomic E-state index is 0.620. The predicted octanol–water partition coefficient (Wildman–Crippen LogP) is -0.257. The number of nitrogens with zero attached hydrogens (tertiary/aromatic N) is 1. The highest BCUT2D eigenvalue weighted by atomic mass is 15.2. The van der Waals surface area contributed by atoms with Crippen molar-refractivity contribution in [3.63, 3.8) is 0 Å². The fourth-order valence-electron chi connectivity index (χ4n) is 1.42. The van der Waals surface area contributed by atoms with E-state index in [1.807, 2.05) is 0 Å². The van der Waals surface area contributed by atoms with E-state index in [2.05, 4.69) is 26.7 Å². The molecule has 40 valence electrons. The van der Waals surface area contributed by atoms with Gasteiger partial charge in [0.15, 0.2) is 0 Å². The Bertz CT molecular complexity index is 72.1. The van der Waals surface area contributed by atoms with E-state index < -0.39 is 0 Å². The molecule has 1 aliphatic heterocycles. The smallest absolute Gasteiger partial charge is 0.112 e. The van der Waals surface area contributed by atoms with Gasteiger partial charge in [-0.25, -0.2) is 0 Å². The Kier molecular flexibility index (Phi) is 0.924. The van der Waals surface area contributed by atoms with Gasteiger partial charge in [0.25, 0.3) is 0 Å². The van der Waals surface area contributed by atoms with E-state index in [4.69, 9.17) is 0 Å². The monoisotopic (exact) mass is 97.1 g/mol. The van der Waals surface area contributed by atoms with Gasteiger partial charge in [-0.2, -0.15) is 0 Å². The van der Waals surface area contributed by atoms with E-state index in [9.17, 15) is 0 Å². The SMILES string of the molecule is BC1(C)CN(C)C1. The second-order valence-electron chi connectivity index (χ2n) is 3.34. The molecule has 1 heterocycles. The average Bonchev–Trinajstić information content (AvgIpc) is 1.27. The number of hydrogen-bond acceptors (Lipinski definition) is 1. The van der Waals surface area contributed by atoms with E-state index in [-0.39, 0.29) is 0 Å². The molecule has 0 amide bonds. The van der Waals surface area contributed by atoms with E-state index in [1.165, 1.54) is 13.1 Å². The summed E-state index contributed by atoms with van der Waals surface area (Å²) in [7, 11) is 4.46. The van der Waals surface area contributed by atoms with Gasteiger partial charge < -0.3 is 4.90 Å². The van der Waals surface area contributed by atoms with Crippen molar-refractivity contribution in [2.75, 3.05) is 20.1 Å². The second-order valence-corrected chi connectivity index (χ2v) is 3.34. The quantitative estimate of drug-likeness (QED) is 0.376. The first-order valence-electron chi connectivity index (χ1n) is 2.79. The first-order valence-corrected chi connectivity index (χ1v) is 2.79. The van der Waals surface area contributed by atoms with Gasteiger partial charge in [-0.3, -0.25) is 0 Å². The van der Waals surface area contributed by atoms with Crippen LogP contribution in [0.25, 0.3) is 0 Å². The van der Waals surface area contributed by atoms with Gasteiger partial charge >= 0.3 is 0 Å². The topological polar surface area (TPSA) is 3.24 Å². The van der Waals surface area contributed by atoms with E-state index in [0.29, 0.717) is 5.31 Å². The molecule has 1 saturated heterocycles. The van der Waals surface area contributed by atoms with Gasteiger partial charge in [-0.05, 0) is 25.5 Å². The van der Waals surface area contributed by atoms with Gasteiger partial charge in [-0.1, -0.05) is 6.92 Å². The maximum Gasteiger partial charge on any atom is 0.112 e. The molecule has 0 spiro atoms. The second kappa shape index (κ2) is 1.25. The zero-order valence-corrected chi connectivity index (χ0v) is 5.36. The molecule has 0 aromatic carbocycles. The van der Waals surface area contributed by atoms with Crippen molar-refractivity contribution in [1.82, 2.24) is 4.90 Å². The summed E-state index contributed by atoms with van der Waals surface area (Å²) in [6.45, 7) is 4.84. The van der Waals surface area contributed by atoms with Crippen LogP contribution >= 0.6 is 0 Å². The summed E-state index contributed by atoms with van der Waals surface area (Å²) in [5.74, 6) is 0. The van der Waals surface area contributed by atoms with Gasteiger partial charge in [0.1, 0.15) is 7.85 Å². The number of likely N-dealkylation sites (tertiary alicyclic amines) is 1. The molecule has 0 aromatic heterocycles. The molecule has 0 N–H and O–H groups in total. The molecule has 0 aliphatic carbocycles. The molecular formula is C5H12BN. The standard InChI is InChI=1S/C5H12BN/c1-5(6)3-7(2)4-5/h3-4,6H2,1-2H3. The van der Waals surface area contributed by atoms with Crippen molar-refractivity contribution >= 4 is 7.85 Å². The molecule has 0 radical (unpaired) electrons.